The molecule has 0 bridgehead atoms. The van der Waals surface area contributed by atoms with E-state index < -0.39 is 0 Å². The van der Waals surface area contributed by atoms with Crippen LogP contribution in [-0.2, 0) is 6.42 Å². The van der Waals surface area contributed by atoms with Crippen LogP contribution in [0.4, 0.5) is 0 Å². The highest BCUT2D eigenvalue weighted by Crippen LogP contribution is 2.57. The molecule has 0 aromatic carbocycles. The topological polar surface area (TPSA) is 38.0 Å². The molecular formula is C18H28N2O. The molecule has 1 aromatic heterocycles. The summed E-state index contributed by atoms with van der Waals surface area (Å²) in [4.78, 5) is 0. The first-order valence-electron chi connectivity index (χ1n) is 9.05. The quantitative estimate of drug-likeness (QED) is 0.916. The monoisotopic (exact) mass is 288 g/mol. The van der Waals surface area contributed by atoms with Crippen molar-refractivity contribution in [3.8, 4) is 0 Å². The number of rotatable bonds is 4. The number of fused-ring (bicyclic) bond motifs is 1. The summed E-state index contributed by atoms with van der Waals surface area (Å²) in [7, 11) is 0. The molecule has 4 rings (SSSR count). The Bertz CT molecular complexity index is 465. The van der Waals surface area contributed by atoms with Crippen LogP contribution in [-0.4, -0.2) is 21.0 Å². The van der Waals surface area contributed by atoms with Crippen LogP contribution in [0.3, 0.4) is 0 Å². The third kappa shape index (κ3) is 2.77. The molecule has 3 atom stereocenters. The lowest BCUT2D eigenvalue weighted by Crippen LogP contribution is -2.17. The number of nitrogens with zero attached hydrogens (tertiary/aromatic N) is 2. The molecule has 3 aliphatic carbocycles. The molecule has 0 radical (unpaired) electrons. The van der Waals surface area contributed by atoms with Crippen LogP contribution in [0.2, 0.25) is 0 Å². The lowest BCUT2D eigenvalue weighted by atomic mass is 9.96. The molecule has 0 amide bonds. The van der Waals surface area contributed by atoms with Gasteiger partial charge in [-0.05, 0) is 49.5 Å². The van der Waals surface area contributed by atoms with E-state index in [0.717, 1.165) is 24.0 Å². The minimum atomic E-state index is -0.159. The highest BCUT2D eigenvalue weighted by molar-refractivity contribution is 5.08. The summed E-state index contributed by atoms with van der Waals surface area (Å²) < 4.78 is 2.17. The van der Waals surface area contributed by atoms with Crippen LogP contribution in [0, 0.1) is 17.8 Å². The molecule has 0 aliphatic heterocycles. The van der Waals surface area contributed by atoms with Crippen molar-refractivity contribution in [2.24, 2.45) is 17.8 Å². The van der Waals surface area contributed by atoms with E-state index in [4.69, 9.17) is 5.10 Å². The van der Waals surface area contributed by atoms with Crippen LogP contribution < -0.4 is 0 Å². The molecule has 3 saturated carbocycles. The summed E-state index contributed by atoms with van der Waals surface area (Å²) in [5.74, 6) is 2.23. The molecule has 1 heterocycles. The molecule has 116 valence electrons. The third-order valence-electron chi connectivity index (χ3n) is 6.20. The first-order chi connectivity index (χ1) is 10.3. The van der Waals surface area contributed by atoms with Crippen LogP contribution in [0.25, 0.3) is 0 Å². The molecule has 3 nitrogen and oxygen atoms in total. The maximum Gasteiger partial charge on any atom is 0.0650 e. The van der Waals surface area contributed by atoms with Crippen molar-refractivity contribution in [3.63, 3.8) is 0 Å². The zero-order chi connectivity index (χ0) is 14.2. The second-order valence-corrected chi connectivity index (χ2v) is 7.54. The average Bonchev–Trinajstić information content (AvgIpc) is 3.09. The average molecular weight is 288 g/mol. The third-order valence-corrected chi connectivity index (χ3v) is 6.20. The van der Waals surface area contributed by atoms with Gasteiger partial charge in [0.15, 0.2) is 0 Å². The number of aromatic nitrogens is 2. The van der Waals surface area contributed by atoms with Gasteiger partial charge in [-0.3, -0.25) is 4.68 Å². The van der Waals surface area contributed by atoms with Gasteiger partial charge in [0.25, 0.3) is 0 Å². The first-order valence-corrected chi connectivity index (χ1v) is 9.05. The van der Waals surface area contributed by atoms with E-state index in [1.165, 1.54) is 57.8 Å². The van der Waals surface area contributed by atoms with Crippen molar-refractivity contribution in [3.05, 3.63) is 18.0 Å². The van der Waals surface area contributed by atoms with E-state index in [2.05, 4.69) is 16.9 Å². The highest BCUT2D eigenvalue weighted by atomic mass is 16.3. The standard InChI is InChI=1S/C18H28N2O/c21-17(18-15-8-4-5-9-16(15)18)12-13-10-11-20(19-13)14-6-2-1-3-7-14/h10-11,14-18,21H,1-9,12H2. The van der Waals surface area contributed by atoms with E-state index in [-0.39, 0.29) is 6.10 Å². The maximum atomic E-state index is 10.5. The molecule has 3 heteroatoms. The smallest absolute Gasteiger partial charge is 0.0650 e. The Labute approximate surface area is 127 Å². The maximum absolute atomic E-state index is 10.5. The van der Waals surface area contributed by atoms with Gasteiger partial charge in [-0.25, -0.2) is 0 Å². The van der Waals surface area contributed by atoms with E-state index in [1.807, 2.05) is 0 Å². The number of hydrogen-bond donors (Lipinski definition) is 1. The SMILES string of the molecule is OC(Cc1ccn(C2CCCCC2)n1)C1C2CCCCC21. The van der Waals surface area contributed by atoms with Gasteiger partial charge in [0.1, 0.15) is 0 Å². The van der Waals surface area contributed by atoms with Crippen LogP contribution in [0.5, 0.6) is 0 Å². The minimum Gasteiger partial charge on any atom is -0.392 e. The largest absolute Gasteiger partial charge is 0.392 e. The fraction of sp³-hybridized carbons (Fsp3) is 0.833. The molecular weight excluding hydrogens is 260 g/mol. The molecule has 3 fully saturated rings. The Hall–Kier alpha value is -0.830. The molecule has 3 aliphatic rings. The van der Waals surface area contributed by atoms with Crippen molar-refractivity contribution in [1.82, 2.24) is 9.78 Å². The summed E-state index contributed by atoms with van der Waals surface area (Å²) in [5, 5.41) is 15.3. The fourth-order valence-corrected chi connectivity index (χ4v) is 5.00. The van der Waals surface area contributed by atoms with Gasteiger partial charge in [-0.1, -0.05) is 32.1 Å². The number of aliphatic hydroxyl groups excluding tert-OH is 1. The zero-order valence-corrected chi connectivity index (χ0v) is 13.0. The van der Waals surface area contributed by atoms with Crippen molar-refractivity contribution >= 4 is 0 Å². The number of hydrogen-bond acceptors (Lipinski definition) is 2. The lowest BCUT2D eigenvalue weighted by molar-refractivity contribution is 0.139. The van der Waals surface area contributed by atoms with E-state index in [0.29, 0.717) is 12.0 Å². The predicted octanol–water partition coefficient (Wildman–Crippen LogP) is 3.73. The van der Waals surface area contributed by atoms with Crippen molar-refractivity contribution < 1.29 is 5.11 Å². The summed E-state index contributed by atoms with van der Waals surface area (Å²) in [6.07, 6.45) is 14.8. The Balaban J connectivity index is 1.35. The molecule has 3 unspecified atom stereocenters. The van der Waals surface area contributed by atoms with Gasteiger partial charge in [0.05, 0.1) is 17.8 Å². The van der Waals surface area contributed by atoms with Crippen LogP contribution in [0.15, 0.2) is 12.3 Å². The molecule has 1 N–H and O–H groups in total. The Morgan fingerprint density at radius 2 is 1.71 bits per heavy atom. The van der Waals surface area contributed by atoms with Gasteiger partial charge in [-0.2, -0.15) is 5.10 Å². The summed E-state index contributed by atoms with van der Waals surface area (Å²) in [6, 6.07) is 2.73. The lowest BCUT2D eigenvalue weighted by Gasteiger charge is -2.21. The van der Waals surface area contributed by atoms with Gasteiger partial charge in [0, 0.05) is 12.6 Å². The summed E-state index contributed by atoms with van der Waals surface area (Å²) in [6.45, 7) is 0. The highest BCUT2D eigenvalue weighted by Gasteiger charge is 2.53. The van der Waals surface area contributed by atoms with Crippen molar-refractivity contribution in [1.29, 1.82) is 0 Å². The minimum absolute atomic E-state index is 0.159. The van der Waals surface area contributed by atoms with Gasteiger partial charge in [0.2, 0.25) is 0 Å². The van der Waals surface area contributed by atoms with Gasteiger partial charge < -0.3 is 5.11 Å². The molecule has 0 saturated heterocycles. The molecule has 1 aromatic rings. The second-order valence-electron chi connectivity index (χ2n) is 7.54. The molecule has 0 spiro atoms. The Kier molecular flexibility index (Phi) is 3.78. The number of aliphatic hydroxyl groups is 1. The second kappa shape index (κ2) is 5.75. The van der Waals surface area contributed by atoms with E-state index >= 15 is 0 Å². The van der Waals surface area contributed by atoms with Gasteiger partial charge >= 0.3 is 0 Å². The van der Waals surface area contributed by atoms with E-state index in [9.17, 15) is 5.11 Å². The van der Waals surface area contributed by atoms with Gasteiger partial charge in [-0.15, -0.1) is 0 Å². The summed E-state index contributed by atoms with van der Waals surface area (Å²) >= 11 is 0. The van der Waals surface area contributed by atoms with Crippen LogP contribution >= 0.6 is 0 Å². The van der Waals surface area contributed by atoms with Crippen LogP contribution in [0.1, 0.15) is 69.5 Å². The van der Waals surface area contributed by atoms with Crippen molar-refractivity contribution in [2.75, 3.05) is 0 Å². The Morgan fingerprint density at radius 3 is 2.43 bits per heavy atom. The first kappa shape index (κ1) is 13.8. The fourth-order valence-electron chi connectivity index (χ4n) is 5.00. The Morgan fingerprint density at radius 1 is 1.05 bits per heavy atom. The summed E-state index contributed by atoms with van der Waals surface area (Å²) in [5.41, 5.74) is 1.09. The zero-order valence-electron chi connectivity index (χ0n) is 13.0. The predicted molar refractivity (Wildman–Crippen MR) is 83.0 cm³/mol. The molecule has 21 heavy (non-hydrogen) atoms. The van der Waals surface area contributed by atoms with Crippen molar-refractivity contribution in [2.45, 2.75) is 76.4 Å². The normalized spacial score (nSPS) is 34.4. The van der Waals surface area contributed by atoms with E-state index in [1.54, 1.807) is 0 Å².